The van der Waals surface area contributed by atoms with Gasteiger partial charge < -0.3 is 10.1 Å². The molecule has 1 amide bonds. The number of carbonyl (C=O) groups excluding carboxylic acids is 1. The fourth-order valence-electron chi connectivity index (χ4n) is 2.08. The molecule has 0 unspecified atom stereocenters. The number of rotatable bonds is 8. The van der Waals surface area contributed by atoms with Crippen molar-refractivity contribution < 1.29 is 22.3 Å². The van der Waals surface area contributed by atoms with Crippen molar-refractivity contribution in [2.45, 2.75) is 0 Å². The van der Waals surface area contributed by atoms with Crippen molar-refractivity contribution in [1.82, 2.24) is 5.32 Å². The molecule has 0 saturated carbocycles. The minimum absolute atomic E-state index is 0.164. The lowest BCUT2D eigenvalue weighted by Crippen LogP contribution is -2.41. The van der Waals surface area contributed by atoms with E-state index >= 15 is 0 Å². The van der Waals surface area contributed by atoms with Gasteiger partial charge in [-0.3, -0.25) is 9.10 Å². The number of carbonyl (C=O) groups is 1. The zero-order valence-corrected chi connectivity index (χ0v) is 15.6. The van der Waals surface area contributed by atoms with Gasteiger partial charge in [-0.1, -0.05) is 11.6 Å². The third-order valence-electron chi connectivity index (χ3n) is 3.31. The highest BCUT2D eigenvalue weighted by molar-refractivity contribution is 7.92. The Balaban J connectivity index is 1.87. The summed E-state index contributed by atoms with van der Waals surface area (Å²) in [5, 5.41) is 3.04. The number of hydrogen-bond donors (Lipinski definition) is 1. The maximum atomic E-state index is 12.8. The third-order valence-corrected chi connectivity index (χ3v) is 4.70. The molecule has 0 aliphatic heterocycles. The van der Waals surface area contributed by atoms with Crippen LogP contribution in [0.2, 0.25) is 5.02 Å². The summed E-state index contributed by atoms with van der Waals surface area (Å²) in [5.74, 6) is -0.374. The second-order valence-corrected chi connectivity index (χ2v) is 7.74. The summed E-state index contributed by atoms with van der Waals surface area (Å²) in [6.45, 7) is -0.0252. The molecule has 0 radical (unpaired) electrons. The quantitative estimate of drug-likeness (QED) is 0.690. The van der Waals surface area contributed by atoms with Gasteiger partial charge in [0, 0.05) is 5.02 Å². The number of benzene rings is 2. The van der Waals surface area contributed by atoms with Crippen molar-refractivity contribution in [3.8, 4) is 5.75 Å². The van der Waals surface area contributed by atoms with Crippen LogP contribution in [0.4, 0.5) is 10.1 Å². The standard InChI is InChI=1S/C17H18ClFN2O4S/c1-26(23,24)21(15-6-2-13(18)3-7-15)12-17(22)20-10-11-25-16-8-4-14(19)5-9-16/h2-9H,10-12H2,1H3,(H,20,22). The molecule has 6 nitrogen and oxygen atoms in total. The highest BCUT2D eigenvalue weighted by Crippen LogP contribution is 2.20. The zero-order valence-electron chi connectivity index (χ0n) is 14.0. The molecule has 0 heterocycles. The number of ether oxygens (including phenoxy) is 1. The molecule has 1 N–H and O–H groups in total. The van der Waals surface area contributed by atoms with Crippen LogP contribution in [0.15, 0.2) is 48.5 Å². The highest BCUT2D eigenvalue weighted by Gasteiger charge is 2.20. The number of amides is 1. The van der Waals surface area contributed by atoms with Crippen LogP contribution in [0.25, 0.3) is 0 Å². The van der Waals surface area contributed by atoms with Crippen LogP contribution < -0.4 is 14.4 Å². The van der Waals surface area contributed by atoms with E-state index in [0.29, 0.717) is 16.5 Å². The first kappa shape index (κ1) is 20.0. The minimum atomic E-state index is -3.64. The summed E-state index contributed by atoms with van der Waals surface area (Å²) >= 11 is 5.80. The van der Waals surface area contributed by atoms with E-state index in [0.717, 1.165) is 10.6 Å². The zero-order chi connectivity index (χ0) is 19.2. The Hall–Kier alpha value is -2.32. The van der Waals surface area contributed by atoms with E-state index in [1.54, 1.807) is 12.1 Å². The van der Waals surface area contributed by atoms with Gasteiger partial charge in [0.15, 0.2) is 0 Å². The molecule has 0 spiro atoms. The predicted molar refractivity (Wildman–Crippen MR) is 98.5 cm³/mol. The lowest BCUT2D eigenvalue weighted by Gasteiger charge is -2.22. The largest absolute Gasteiger partial charge is 0.492 e. The summed E-state index contributed by atoms with van der Waals surface area (Å²) < 4.78 is 43.0. The normalized spacial score (nSPS) is 11.0. The summed E-state index contributed by atoms with van der Waals surface area (Å²) in [6, 6.07) is 11.6. The molecule has 0 aromatic heterocycles. The Kier molecular flexibility index (Phi) is 6.82. The highest BCUT2D eigenvalue weighted by atomic mass is 35.5. The van der Waals surface area contributed by atoms with Crippen molar-refractivity contribution in [2.24, 2.45) is 0 Å². The molecule has 2 aromatic rings. The molecule has 0 fully saturated rings. The van der Waals surface area contributed by atoms with Gasteiger partial charge in [0.05, 0.1) is 18.5 Å². The summed E-state index contributed by atoms with van der Waals surface area (Å²) in [5.41, 5.74) is 0.342. The molecule has 0 bridgehead atoms. The van der Waals surface area contributed by atoms with Gasteiger partial charge in [-0.15, -0.1) is 0 Å². The van der Waals surface area contributed by atoms with Gasteiger partial charge in [-0.25, -0.2) is 12.8 Å². The summed E-state index contributed by atoms with van der Waals surface area (Å²) in [4.78, 5) is 12.0. The first-order chi connectivity index (χ1) is 12.3. The van der Waals surface area contributed by atoms with Gasteiger partial charge in [0.1, 0.15) is 24.7 Å². The molecule has 0 aliphatic carbocycles. The molecule has 2 aromatic carbocycles. The number of nitrogens with one attached hydrogen (secondary N) is 1. The van der Waals surface area contributed by atoms with Gasteiger partial charge in [0.2, 0.25) is 15.9 Å². The lowest BCUT2D eigenvalue weighted by atomic mass is 10.3. The molecule has 2 rings (SSSR count). The van der Waals surface area contributed by atoms with Gasteiger partial charge >= 0.3 is 0 Å². The summed E-state index contributed by atoms with van der Waals surface area (Å²) in [6.07, 6.45) is 1.02. The molecule has 140 valence electrons. The number of halogens is 2. The van der Waals surface area contributed by atoms with E-state index < -0.39 is 15.9 Å². The predicted octanol–water partition coefficient (Wildman–Crippen LogP) is 2.44. The molecule has 0 atom stereocenters. The third kappa shape index (κ3) is 6.20. The first-order valence-electron chi connectivity index (χ1n) is 7.64. The molecular formula is C17H18ClFN2O4S. The molecule has 9 heteroatoms. The fraction of sp³-hybridized carbons (Fsp3) is 0.235. The van der Waals surface area contributed by atoms with Crippen molar-refractivity contribution in [1.29, 1.82) is 0 Å². The van der Waals surface area contributed by atoms with Crippen LogP contribution in [0.3, 0.4) is 0 Å². The molecular weight excluding hydrogens is 383 g/mol. The van der Waals surface area contributed by atoms with E-state index in [2.05, 4.69) is 5.32 Å². The van der Waals surface area contributed by atoms with E-state index in [1.165, 1.54) is 36.4 Å². The van der Waals surface area contributed by atoms with Crippen LogP contribution in [0.1, 0.15) is 0 Å². The Labute approximate surface area is 156 Å². The number of hydrogen-bond acceptors (Lipinski definition) is 4. The maximum absolute atomic E-state index is 12.8. The maximum Gasteiger partial charge on any atom is 0.240 e. The fourth-order valence-corrected chi connectivity index (χ4v) is 3.07. The van der Waals surface area contributed by atoms with Crippen molar-refractivity contribution in [2.75, 3.05) is 30.3 Å². The number of nitrogens with zero attached hydrogens (tertiary/aromatic N) is 1. The Bertz CT molecular complexity index is 842. The molecule has 0 aliphatic rings. The SMILES string of the molecule is CS(=O)(=O)N(CC(=O)NCCOc1ccc(F)cc1)c1ccc(Cl)cc1. The molecule has 0 saturated heterocycles. The average molecular weight is 401 g/mol. The smallest absolute Gasteiger partial charge is 0.240 e. The average Bonchev–Trinajstić information content (AvgIpc) is 2.58. The molecule has 26 heavy (non-hydrogen) atoms. The summed E-state index contributed by atoms with van der Waals surface area (Å²) in [7, 11) is -3.64. The Morgan fingerprint density at radius 1 is 1.15 bits per heavy atom. The van der Waals surface area contributed by atoms with E-state index in [-0.39, 0.29) is 25.5 Å². The van der Waals surface area contributed by atoms with E-state index in [1.807, 2.05) is 0 Å². The Morgan fingerprint density at radius 3 is 2.35 bits per heavy atom. The monoisotopic (exact) mass is 400 g/mol. The van der Waals surface area contributed by atoms with Crippen LogP contribution in [0.5, 0.6) is 5.75 Å². The van der Waals surface area contributed by atoms with Gasteiger partial charge in [-0.2, -0.15) is 0 Å². The van der Waals surface area contributed by atoms with Gasteiger partial charge in [-0.05, 0) is 48.5 Å². The van der Waals surface area contributed by atoms with Gasteiger partial charge in [0.25, 0.3) is 0 Å². The van der Waals surface area contributed by atoms with Crippen molar-refractivity contribution in [3.63, 3.8) is 0 Å². The Morgan fingerprint density at radius 2 is 1.77 bits per heavy atom. The van der Waals surface area contributed by atoms with Crippen LogP contribution in [-0.4, -0.2) is 40.3 Å². The number of sulfonamides is 1. The number of anilines is 1. The van der Waals surface area contributed by atoms with Crippen molar-refractivity contribution in [3.05, 3.63) is 59.4 Å². The second-order valence-electron chi connectivity index (χ2n) is 5.40. The first-order valence-corrected chi connectivity index (χ1v) is 9.86. The van der Waals surface area contributed by atoms with Crippen LogP contribution in [0, 0.1) is 5.82 Å². The minimum Gasteiger partial charge on any atom is -0.492 e. The lowest BCUT2D eigenvalue weighted by molar-refractivity contribution is -0.119. The van der Waals surface area contributed by atoms with Crippen LogP contribution in [-0.2, 0) is 14.8 Å². The topological polar surface area (TPSA) is 75.7 Å². The van der Waals surface area contributed by atoms with Crippen LogP contribution >= 0.6 is 11.6 Å². The van der Waals surface area contributed by atoms with E-state index in [9.17, 15) is 17.6 Å². The van der Waals surface area contributed by atoms with Crippen molar-refractivity contribution >= 4 is 33.2 Å². The second kappa shape index (κ2) is 8.86. The van der Waals surface area contributed by atoms with E-state index in [4.69, 9.17) is 16.3 Å².